The van der Waals surface area contributed by atoms with Crippen molar-refractivity contribution in [2.75, 3.05) is 24.2 Å². The molecule has 0 spiro atoms. The first-order valence-electron chi connectivity index (χ1n) is 9.38. The molecule has 3 rings (SSSR count). The molecule has 1 N–H and O–H groups in total. The Kier molecular flexibility index (Phi) is 7.18. The number of amides is 2. The Morgan fingerprint density at radius 1 is 1.23 bits per heavy atom. The number of non-ortho nitro benzene ring substituents is 1. The van der Waals surface area contributed by atoms with Crippen LogP contribution in [0.2, 0.25) is 0 Å². The van der Waals surface area contributed by atoms with Crippen molar-refractivity contribution in [3.05, 3.63) is 57.9 Å². The quantitative estimate of drug-likeness (QED) is 0.299. The first-order chi connectivity index (χ1) is 14.8. The molecule has 0 aliphatic heterocycles. The number of halogens is 1. The lowest BCUT2D eigenvalue weighted by molar-refractivity contribution is -0.385. The molecule has 0 unspecified atom stereocenters. The minimum atomic E-state index is -0.970. The van der Waals surface area contributed by atoms with Crippen LogP contribution in [0.15, 0.2) is 40.7 Å². The summed E-state index contributed by atoms with van der Waals surface area (Å²) in [6.45, 7) is 5.19. The fraction of sp³-hybridized carbons (Fsp3) is 0.250. The molecular weight excluding hydrogens is 443 g/mol. The first-order valence-corrected chi connectivity index (χ1v) is 11.2. The number of hydrogen-bond acceptors (Lipinski definition) is 7. The van der Waals surface area contributed by atoms with E-state index < -0.39 is 22.3 Å². The molecule has 2 aromatic carbocycles. The number of carbonyl (C=O) groups excluding carboxylic acids is 2. The van der Waals surface area contributed by atoms with E-state index in [9.17, 15) is 24.1 Å². The molecule has 0 radical (unpaired) electrons. The largest absolute Gasteiger partial charge is 0.343 e. The van der Waals surface area contributed by atoms with Crippen molar-refractivity contribution < 1.29 is 18.9 Å². The third kappa shape index (κ3) is 5.36. The molecule has 1 aromatic heterocycles. The zero-order valence-electron chi connectivity index (χ0n) is 16.8. The highest BCUT2D eigenvalue weighted by molar-refractivity contribution is 8.01. The van der Waals surface area contributed by atoms with Gasteiger partial charge in [-0.1, -0.05) is 11.8 Å². The number of fused-ring (bicyclic) bond motifs is 1. The summed E-state index contributed by atoms with van der Waals surface area (Å²) in [5.74, 6) is -1.34. The Balaban J connectivity index is 1.71. The molecule has 0 aliphatic rings. The van der Waals surface area contributed by atoms with Crippen LogP contribution < -0.4 is 5.32 Å². The van der Waals surface area contributed by atoms with E-state index in [1.807, 2.05) is 13.8 Å². The van der Waals surface area contributed by atoms with E-state index in [1.165, 1.54) is 23.1 Å². The van der Waals surface area contributed by atoms with E-state index in [0.717, 1.165) is 26.7 Å². The van der Waals surface area contributed by atoms with Crippen LogP contribution in [0.4, 0.5) is 15.8 Å². The van der Waals surface area contributed by atoms with Crippen LogP contribution in [0.3, 0.4) is 0 Å². The Bertz CT molecular complexity index is 1150. The fourth-order valence-electron chi connectivity index (χ4n) is 2.83. The lowest BCUT2D eigenvalue weighted by Gasteiger charge is -2.17. The summed E-state index contributed by atoms with van der Waals surface area (Å²) in [4.78, 5) is 40.8. The summed E-state index contributed by atoms with van der Waals surface area (Å²) >= 11 is 2.75. The number of rotatable bonds is 8. The molecule has 0 saturated carbocycles. The van der Waals surface area contributed by atoms with Crippen LogP contribution in [-0.2, 0) is 4.79 Å². The van der Waals surface area contributed by atoms with Gasteiger partial charge in [0.25, 0.3) is 11.6 Å². The number of anilines is 1. The lowest BCUT2D eigenvalue weighted by atomic mass is 10.1. The molecule has 0 aliphatic carbocycles. The van der Waals surface area contributed by atoms with E-state index in [-0.39, 0.29) is 11.5 Å². The highest BCUT2D eigenvalue weighted by Gasteiger charge is 2.17. The van der Waals surface area contributed by atoms with Gasteiger partial charge in [0.05, 0.1) is 32.5 Å². The second kappa shape index (κ2) is 9.84. The van der Waals surface area contributed by atoms with Gasteiger partial charge in [0, 0.05) is 24.8 Å². The maximum atomic E-state index is 14.1. The molecule has 8 nitrogen and oxygen atoms in total. The van der Waals surface area contributed by atoms with Crippen LogP contribution in [-0.4, -0.2) is 45.5 Å². The summed E-state index contributed by atoms with van der Waals surface area (Å²) in [6, 6.07) is 7.94. The maximum absolute atomic E-state index is 14.1. The van der Waals surface area contributed by atoms with Gasteiger partial charge in [0.1, 0.15) is 5.82 Å². The minimum Gasteiger partial charge on any atom is -0.343 e. The molecule has 162 valence electrons. The van der Waals surface area contributed by atoms with E-state index in [4.69, 9.17) is 0 Å². The summed E-state index contributed by atoms with van der Waals surface area (Å²) in [5, 5.41) is 13.3. The van der Waals surface area contributed by atoms with Gasteiger partial charge in [-0.05, 0) is 38.1 Å². The van der Waals surface area contributed by atoms with Gasteiger partial charge in [0.15, 0.2) is 4.34 Å². The van der Waals surface area contributed by atoms with Crippen molar-refractivity contribution in [1.82, 2.24) is 9.88 Å². The molecule has 0 fully saturated rings. The summed E-state index contributed by atoms with van der Waals surface area (Å²) in [6.07, 6.45) is 0. The number of benzene rings is 2. The molecule has 1 heterocycles. The molecule has 3 aromatic rings. The zero-order chi connectivity index (χ0) is 22.5. The second-order valence-electron chi connectivity index (χ2n) is 6.39. The number of thioether (sulfide) groups is 1. The smallest absolute Gasteiger partial charge is 0.272 e. The van der Waals surface area contributed by atoms with Crippen molar-refractivity contribution in [2.24, 2.45) is 0 Å². The van der Waals surface area contributed by atoms with Gasteiger partial charge in [-0.2, -0.15) is 0 Å². The van der Waals surface area contributed by atoms with Crippen LogP contribution in [0.5, 0.6) is 0 Å². The van der Waals surface area contributed by atoms with Gasteiger partial charge >= 0.3 is 0 Å². The number of hydrogen-bond donors (Lipinski definition) is 1. The van der Waals surface area contributed by atoms with Crippen LogP contribution in [0.1, 0.15) is 24.2 Å². The van der Waals surface area contributed by atoms with Crippen LogP contribution in [0.25, 0.3) is 10.2 Å². The summed E-state index contributed by atoms with van der Waals surface area (Å²) in [7, 11) is 0. The van der Waals surface area contributed by atoms with Crippen LogP contribution in [0, 0.1) is 15.9 Å². The van der Waals surface area contributed by atoms with Gasteiger partial charge < -0.3 is 10.2 Å². The molecule has 0 bridgehead atoms. The molecule has 0 atom stereocenters. The number of aromatic nitrogens is 1. The average molecular weight is 463 g/mol. The van der Waals surface area contributed by atoms with Crippen LogP contribution >= 0.6 is 23.1 Å². The van der Waals surface area contributed by atoms with Crippen molar-refractivity contribution >= 4 is 56.5 Å². The Hall–Kier alpha value is -3.05. The first kappa shape index (κ1) is 22.6. The maximum Gasteiger partial charge on any atom is 0.272 e. The molecule has 31 heavy (non-hydrogen) atoms. The zero-order valence-corrected chi connectivity index (χ0v) is 18.4. The van der Waals surface area contributed by atoms with E-state index in [2.05, 4.69) is 10.3 Å². The predicted molar refractivity (Wildman–Crippen MR) is 119 cm³/mol. The van der Waals surface area contributed by atoms with E-state index >= 15 is 0 Å². The monoisotopic (exact) mass is 462 g/mol. The van der Waals surface area contributed by atoms with E-state index in [1.54, 1.807) is 23.1 Å². The third-order valence-electron chi connectivity index (χ3n) is 4.47. The topological polar surface area (TPSA) is 105 Å². The van der Waals surface area contributed by atoms with Gasteiger partial charge in [-0.15, -0.1) is 11.3 Å². The SMILES string of the molecule is CCN(CC)C(=O)CSc1nc2ccc(NC(=O)c3ccc([N+](=O)[O-])cc3F)cc2s1. The number of carbonyl (C=O) groups is 2. The molecule has 0 saturated heterocycles. The molecular formula is C20H19FN4O4S2. The minimum absolute atomic E-state index is 0.0485. The Morgan fingerprint density at radius 2 is 1.97 bits per heavy atom. The Morgan fingerprint density at radius 3 is 2.61 bits per heavy atom. The van der Waals surface area contributed by atoms with Crippen molar-refractivity contribution in [3.63, 3.8) is 0 Å². The summed E-state index contributed by atoms with van der Waals surface area (Å²) < 4.78 is 15.6. The fourth-order valence-corrected chi connectivity index (χ4v) is 4.84. The predicted octanol–water partition coefficient (Wildman–Crippen LogP) is 4.56. The number of nitrogens with one attached hydrogen (secondary N) is 1. The van der Waals surface area contributed by atoms with Crippen molar-refractivity contribution in [2.45, 2.75) is 18.2 Å². The molecule has 2 amide bonds. The Labute approximate surface area is 185 Å². The van der Waals surface area contributed by atoms with Crippen molar-refractivity contribution in [3.8, 4) is 0 Å². The van der Waals surface area contributed by atoms with Gasteiger partial charge in [0.2, 0.25) is 5.91 Å². The second-order valence-corrected chi connectivity index (χ2v) is 8.65. The van der Waals surface area contributed by atoms with Crippen molar-refractivity contribution in [1.29, 1.82) is 0 Å². The number of thiazole rings is 1. The molecule has 11 heteroatoms. The third-order valence-corrected chi connectivity index (χ3v) is 6.62. The highest BCUT2D eigenvalue weighted by atomic mass is 32.2. The number of nitro benzene ring substituents is 1. The highest BCUT2D eigenvalue weighted by Crippen LogP contribution is 2.31. The van der Waals surface area contributed by atoms with Gasteiger partial charge in [-0.25, -0.2) is 9.37 Å². The lowest BCUT2D eigenvalue weighted by Crippen LogP contribution is -2.31. The summed E-state index contributed by atoms with van der Waals surface area (Å²) in [5.41, 5.74) is 0.447. The van der Waals surface area contributed by atoms with E-state index in [0.29, 0.717) is 30.6 Å². The standard InChI is InChI=1S/C20H19FN4O4S2/c1-3-24(4-2)18(26)11-30-20-23-16-8-5-12(9-17(16)31-20)22-19(27)14-7-6-13(25(28)29)10-15(14)21/h5-10H,3-4,11H2,1-2H3,(H,22,27). The van der Waals surface area contributed by atoms with Gasteiger partial charge in [-0.3, -0.25) is 19.7 Å². The number of nitrogens with zero attached hydrogens (tertiary/aromatic N) is 3. The normalized spacial score (nSPS) is 10.8. The number of nitro groups is 1. The average Bonchev–Trinajstić information content (AvgIpc) is 3.15.